The fourth-order valence-corrected chi connectivity index (χ4v) is 5.50. The average molecular weight is 457 g/mol. The van der Waals surface area contributed by atoms with E-state index in [9.17, 15) is 12.8 Å². The number of fused-ring (bicyclic) bond motifs is 4. The van der Waals surface area contributed by atoms with Gasteiger partial charge >= 0.3 is 0 Å². The van der Waals surface area contributed by atoms with Crippen LogP contribution >= 0.6 is 0 Å². The first-order valence-electron chi connectivity index (χ1n) is 10.1. The van der Waals surface area contributed by atoms with Crippen LogP contribution in [0.5, 0.6) is 0 Å². The van der Waals surface area contributed by atoms with Crippen molar-refractivity contribution in [1.29, 1.82) is 0 Å². The number of rotatable bonds is 2. The molecule has 0 saturated heterocycles. The third-order valence-electron chi connectivity index (χ3n) is 6.03. The van der Waals surface area contributed by atoms with Crippen LogP contribution in [0, 0.1) is 25.5 Å². The van der Waals surface area contributed by atoms with Crippen molar-refractivity contribution in [3.8, 4) is 16.8 Å². The van der Waals surface area contributed by atoms with E-state index in [-0.39, 0.29) is 11.1 Å². The van der Waals surface area contributed by atoms with E-state index in [0.29, 0.717) is 22.2 Å². The molecule has 0 bridgehead atoms. The molecule has 9 heteroatoms. The number of nitrogens with one attached hydrogen (secondary N) is 1. The van der Waals surface area contributed by atoms with E-state index in [4.69, 9.17) is 0 Å². The highest BCUT2D eigenvalue weighted by Crippen LogP contribution is 2.44. The fourth-order valence-electron chi connectivity index (χ4n) is 4.71. The molecule has 2 aromatic heterocycles. The van der Waals surface area contributed by atoms with E-state index in [2.05, 4.69) is 10.3 Å². The molecule has 0 radical (unpaired) electrons. The maximum absolute atomic E-state index is 15.6. The quantitative estimate of drug-likeness (QED) is 0.468. The van der Waals surface area contributed by atoms with Gasteiger partial charge in [0.15, 0.2) is 0 Å². The Labute approximate surface area is 184 Å². The largest absolute Gasteiger partial charge is 0.371 e. The van der Waals surface area contributed by atoms with Crippen molar-refractivity contribution in [3.05, 3.63) is 65.4 Å². The molecule has 0 spiro atoms. The lowest BCUT2D eigenvalue weighted by Gasteiger charge is -2.36. The highest BCUT2D eigenvalue weighted by Gasteiger charge is 2.35. The zero-order valence-corrected chi connectivity index (χ0v) is 19.1. The molecule has 32 heavy (non-hydrogen) atoms. The summed E-state index contributed by atoms with van der Waals surface area (Å²) in [6.07, 6.45) is 4.16. The van der Waals surface area contributed by atoms with Crippen LogP contribution in [-0.4, -0.2) is 28.2 Å². The normalized spacial score (nSPS) is 14.8. The van der Waals surface area contributed by atoms with Crippen LogP contribution in [0.1, 0.15) is 30.9 Å². The predicted octanol–water partition coefficient (Wildman–Crippen LogP) is 4.86. The second kappa shape index (κ2) is 6.41. The van der Waals surface area contributed by atoms with Crippen molar-refractivity contribution in [3.63, 3.8) is 0 Å². The van der Waals surface area contributed by atoms with Crippen molar-refractivity contribution < 1.29 is 17.2 Å². The lowest BCUT2D eigenvalue weighted by Crippen LogP contribution is -2.36. The van der Waals surface area contributed by atoms with Crippen molar-refractivity contribution in [2.45, 2.75) is 33.2 Å². The van der Waals surface area contributed by atoms with Gasteiger partial charge in [-0.1, -0.05) is 0 Å². The van der Waals surface area contributed by atoms with Crippen LogP contribution in [0.2, 0.25) is 0 Å². The molecular weight excluding hydrogens is 434 g/mol. The molecule has 3 heterocycles. The van der Waals surface area contributed by atoms with Crippen LogP contribution in [0.15, 0.2) is 36.7 Å². The third kappa shape index (κ3) is 2.80. The second-order valence-electron chi connectivity index (χ2n) is 8.82. The molecule has 1 aliphatic heterocycles. The smallest absolute Gasteiger partial charge is 0.236 e. The van der Waals surface area contributed by atoms with Gasteiger partial charge in [-0.2, -0.15) is 0 Å². The second-order valence-corrected chi connectivity index (χ2v) is 10.7. The zero-order valence-electron chi connectivity index (χ0n) is 18.3. The molecule has 6 nitrogen and oxygen atoms in total. The molecule has 4 aromatic rings. The average Bonchev–Trinajstić information content (AvgIpc) is 3.25. The topological polar surface area (TPSA) is 68.9 Å². The van der Waals surface area contributed by atoms with Crippen molar-refractivity contribution in [1.82, 2.24) is 13.5 Å². The Morgan fingerprint density at radius 3 is 2.53 bits per heavy atom. The number of aryl methyl sites for hydroxylation is 1. The van der Waals surface area contributed by atoms with Crippen LogP contribution in [-0.2, 0) is 15.6 Å². The summed E-state index contributed by atoms with van der Waals surface area (Å²) in [6, 6.07) is 5.37. The third-order valence-corrected chi connectivity index (χ3v) is 7.06. The predicted molar refractivity (Wildman–Crippen MR) is 121 cm³/mol. The minimum absolute atomic E-state index is 0.165. The monoisotopic (exact) mass is 456 g/mol. The molecule has 5 rings (SSSR count). The van der Waals surface area contributed by atoms with Gasteiger partial charge in [-0.05, 0) is 63.1 Å². The number of anilines is 1. The Kier molecular flexibility index (Phi) is 4.15. The molecule has 0 saturated carbocycles. The number of hydrogen-bond donors (Lipinski definition) is 1. The molecule has 0 atom stereocenters. The molecule has 0 fully saturated rings. The van der Waals surface area contributed by atoms with E-state index in [1.165, 1.54) is 18.3 Å². The Morgan fingerprint density at radius 2 is 1.84 bits per heavy atom. The summed E-state index contributed by atoms with van der Waals surface area (Å²) in [7, 11) is -3.65. The number of imidazole rings is 1. The molecule has 2 aromatic carbocycles. The maximum Gasteiger partial charge on any atom is 0.236 e. The SMILES string of the molecule is Cc1c(-c2cc(F)cc3c2ccn3S(C)(=O)=O)c(F)cc2c1-n1c(C)cnc1C(C)(C)N2. The fraction of sp³-hybridized carbons (Fsp3) is 0.261. The van der Waals surface area contributed by atoms with Gasteiger partial charge in [-0.25, -0.2) is 26.2 Å². The Hall–Kier alpha value is -3.20. The Bertz CT molecular complexity index is 1550. The van der Waals surface area contributed by atoms with Gasteiger partial charge in [0.1, 0.15) is 17.5 Å². The van der Waals surface area contributed by atoms with E-state index in [0.717, 1.165) is 33.5 Å². The van der Waals surface area contributed by atoms with E-state index >= 15 is 4.39 Å². The lowest BCUT2D eigenvalue weighted by molar-refractivity contribution is 0.534. The number of aromatic nitrogens is 3. The van der Waals surface area contributed by atoms with Crippen LogP contribution in [0.25, 0.3) is 27.7 Å². The molecular formula is C23H22F2N4O2S. The van der Waals surface area contributed by atoms with E-state index in [1.807, 2.05) is 25.3 Å². The first kappa shape index (κ1) is 20.7. The lowest BCUT2D eigenvalue weighted by atomic mass is 9.92. The van der Waals surface area contributed by atoms with Gasteiger partial charge in [0.25, 0.3) is 0 Å². The van der Waals surface area contributed by atoms with Gasteiger partial charge in [-0.3, -0.25) is 4.57 Å². The molecule has 0 aliphatic carbocycles. The maximum atomic E-state index is 15.6. The summed E-state index contributed by atoms with van der Waals surface area (Å²) in [4.78, 5) is 4.55. The van der Waals surface area contributed by atoms with Gasteiger partial charge in [0.2, 0.25) is 10.0 Å². The molecule has 0 amide bonds. The van der Waals surface area contributed by atoms with Gasteiger partial charge in [-0.15, -0.1) is 0 Å². The highest BCUT2D eigenvalue weighted by molar-refractivity contribution is 7.89. The Balaban J connectivity index is 1.87. The highest BCUT2D eigenvalue weighted by atomic mass is 32.2. The van der Waals surface area contributed by atoms with E-state index < -0.39 is 27.2 Å². The molecule has 166 valence electrons. The zero-order chi connectivity index (χ0) is 23.2. The van der Waals surface area contributed by atoms with Crippen LogP contribution < -0.4 is 5.32 Å². The summed E-state index contributed by atoms with van der Waals surface area (Å²) in [6.45, 7) is 7.65. The minimum Gasteiger partial charge on any atom is -0.371 e. The van der Waals surface area contributed by atoms with Crippen molar-refractivity contribution >= 4 is 26.6 Å². The van der Waals surface area contributed by atoms with E-state index in [1.54, 1.807) is 19.2 Å². The number of hydrogen-bond acceptors (Lipinski definition) is 4. The van der Waals surface area contributed by atoms with Crippen molar-refractivity contribution in [2.24, 2.45) is 0 Å². The molecule has 1 N–H and O–H groups in total. The van der Waals surface area contributed by atoms with Crippen LogP contribution in [0.4, 0.5) is 14.5 Å². The van der Waals surface area contributed by atoms with Gasteiger partial charge in [0, 0.05) is 29.0 Å². The number of benzene rings is 2. The van der Waals surface area contributed by atoms with Crippen molar-refractivity contribution in [2.75, 3.05) is 11.6 Å². The summed E-state index contributed by atoms with van der Waals surface area (Å²) >= 11 is 0. The number of halogens is 2. The molecule has 0 unspecified atom stereocenters. The summed E-state index contributed by atoms with van der Waals surface area (Å²) in [5, 5.41) is 3.81. The summed E-state index contributed by atoms with van der Waals surface area (Å²) in [5.41, 5.74) is 3.02. The minimum atomic E-state index is -3.65. The Morgan fingerprint density at radius 1 is 1.12 bits per heavy atom. The first-order chi connectivity index (χ1) is 14.9. The van der Waals surface area contributed by atoms with Gasteiger partial charge in [0.05, 0.1) is 28.7 Å². The van der Waals surface area contributed by atoms with Gasteiger partial charge < -0.3 is 5.32 Å². The standard InChI is InChI=1S/C23H22F2N4O2S/c1-12-11-26-22-23(3,4)27-18-10-17(25)20(13(2)21(18)29(12)22)16-8-14(24)9-19-15(16)6-7-28(19)32(5,30)31/h6-11,27H,1-5H3. The number of nitrogens with zero attached hydrogens (tertiary/aromatic N) is 3. The summed E-state index contributed by atoms with van der Waals surface area (Å²) in [5.74, 6) is -0.382. The first-order valence-corrected chi connectivity index (χ1v) is 11.9. The summed E-state index contributed by atoms with van der Waals surface area (Å²) < 4.78 is 57.5. The molecule has 1 aliphatic rings. The van der Waals surface area contributed by atoms with Crippen LogP contribution in [0.3, 0.4) is 0 Å².